The second-order valence-electron chi connectivity index (χ2n) is 5.85. The molecule has 1 aromatic heterocycles. The molecule has 1 saturated carbocycles. The van der Waals surface area contributed by atoms with Crippen molar-refractivity contribution in [2.24, 2.45) is 0 Å². The van der Waals surface area contributed by atoms with Crippen LogP contribution in [0, 0.1) is 6.92 Å². The molecule has 1 aromatic carbocycles. The van der Waals surface area contributed by atoms with Crippen molar-refractivity contribution in [3.63, 3.8) is 0 Å². The van der Waals surface area contributed by atoms with Crippen LogP contribution >= 0.6 is 0 Å². The van der Waals surface area contributed by atoms with Crippen LogP contribution in [0.15, 0.2) is 30.3 Å². The third-order valence-corrected chi connectivity index (χ3v) is 4.42. The number of nitrogens with one attached hydrogen (secondary N) is 1. The smallest absolute Gasteiger partial charge is 0.134 e. The second-order valence-corrected chi connectivity index (χ2v) is 5.85. The van der Waals surface area contributed by atoms with Crippen molar-refractivity contribution >= 4 is 5.82 Å². The van der Waals surface area contributed by atoms with Crippen LogP contribution in [-0.4, -0.2) is 17.0 Å². The molecule has 21 heavy (non-hydrogen) atoms. The van der Waals surface area contributed by atoms with Gasteiger partial charge in [-0.15, -0.1) is 0 Å². The Morgan fingerprint density at radius 2 is 1.71 bits per heavy atom. The number of rotatable bonds is 3. The van der Waals surface area contributed by atoms with E-state index in [4.69, 9.17) is 9.97 Å². The molecule has 110 valence electrons. The summed E-state index contributed by atoms with van der Waals surface area (Å²) in [7, 11) is 1.94. The summed E-state index contributed by atoms with van der Waals surface area (Å²) >= 11 is 0. The van der Waals surface area contributed by atoms with Gasteiger partial charge in [0, 0.05) is 24.1 Å². The van der Waals surface area contributed by atoms with E-state index in [0.717, 1.165) is 22.9 Å². The van der Waals surface area contributed by atoms with Crippen LogP contribution in [0.2, 0.25) is 0 Å². The normalized spacial score (nSPS) is 15.9. The number of hydrogen-bond donors (Lipinski definition) is 1. The van der Waals surface area contributed by atoms with E-state index in [0.29, 0.717) is 5.92 Å². The van der Waals surface area contributed by atoms with Crippen LogP contribution in [0.5, 0.6) is 0 Å². The Hall–Kier alpha value is -1.90. The van der Waals surface area contributed by atoms with Gasteiger partial charge in [-0.25, -0.2) is 9.97 Å². The van der Waals surface area contributed by atoms with Gasteiger partial charge in [0.05, 0.1) is 5.69 Å². The van der Waals surface area contributed by atoms with Crippen LogP contribution in [-0.2, 0) is 0 Å². The first-order valence-corrected chi connectivity index (χ1v) is 7.91. The van der Waals surface area contributed by atoms with Gasteiger partial charge in [0.25, 0.3) is 0 Å². The van der Waals surface area contributed by atoms with Crippen LogP contribution in [0.1, 0.15) is 49.4 Å². The molecular formula is C18H23N3. The molecule has 0 spiro atoms. The molecule has 3 rings (SSSR count). The lowest BCUT2D eigenvalue weighted by Crippen LogP contribution is -2.12. The summed E-state index contributed by atoms with van der Waals surface area (Å²) in [6.07, 6.45) is 6.41. The van der Waals surface area contributed by atoms with E-state index in [9.17, 15) is 0 Å². The van der Waals surface area contributed by atoms with Crippen LogP contribution in [0.3, 0.4) is 0 Å². The fourth-order valence-corrected chi connectivity index (χ4v) is 3.20. The summed E-state index contributed by atoms with van der Waals surface area (Å²) in [4.78, 5) is 9.70. The van der Waals surface area contributed by atoms with Crippen LogP contribution in [0.4, 0.5) is 5.82 Å². The van der Waals surface area contributed by atoms with Gasteiger partial charge in [0.1, 0.15) is 11.6 Å². The Morgan fingerprint density at radius 1 is 1.00 bits per heavy atom. The van der Waals surface area contributed by atoms with E-state index >= 15 is 0 Å². The number of benzene rings is 1. The predicted octanol–water partition coefficient (Wildman–Crippen LogP) is 4.54. The molecule has 3 heteroatoms. The third-order valence-electron chi connectivity index (χ3n) is 4.42. The molecule has 0 saturated heterocycles. The van der Waals surface area contributed by atoms with E-state index in [1.165, 1.54) is 37.7 Å². The SMILES string of the molecule is CNc1nc(C2CCCCC2)nc(-c2ccccc2)c1C. The highest BCUT2D eigenvalue weighted by atomic mass is 15.0. The van der Waals surface area contributed by atoms with E-state index < -0.39 is 0 Å². The van der Waals surface area contributed by atoms with Gasteiger partial charge in [-0.2, -0.15) is 0 Å². The van der Waals surface area contributed by atoms with Gasteiger partial charge < -0.3 is 5.32 Å². The van der Waals surface area contributed by atoms with Crippen molar-refractivity contribution in [3.05, 3.63) is 41.7 Å². The molecule has 2 aromatic rings. The lowest BCUT2D eigenvalue weighted by atomic mass is 9.88. The van der Waals surface area contributed by atoms with Gasteiger partial charge in [-0.05, 0) is 19.8 Å². The summed E-state index contributed by atoms with van der Waals surface area (Å²) in [5, 5.41) is 3.23. The third kappa shape index (κ3) is 2.92. The summed E-state index contributed by atoms with van der Waals surface area (Å²) in [6.45, 7) is 2.10. The fourth-order valence-electron chi connectivity index (χ4n) is 3.20. The van der Waals surface area contributed by atoms with E-state index in [-0.39, 0.29) is 0 Å². The van der Waals surface area contributed by atoms with Gasteiger partial charge in [0.2, 0.25) is 0 Å². The molecule has 3 nitrogen and oxygen atoms in total. The number of anilines is 1. The molecule has 0 bridgehead atoms. The van der Waals surface area contributed by atoms with Crippen molar-refractivity contribution in [3.8, 4) is 11.3 Å². The fraction of sp³-hybridized carbons (Fsp3) is 0.444. The Bertz CT molecular complexity index is 601. The molecule has 0 amide bonds. The van der Waals surface area contributed by atoms with Gasteiger partial charge in [-0.1, -0.05) is 49.6 Å². The quantitative estimate of drug-likeness (QED) is 0.897. The summed E-state index contributed by atoms with van der Waals surface area (Å²) < 4.78 is 0. The average molecular weight is 281 g/mol. The Labute approximate surface area is 126 Å². The Kier molecular flexibility index (Phi) is 4.18. The average Bonchev–Trinajstić information content (AvgIpc) is 2.56. The monoisotopic (exact) mass is 281 g/mol. The topological polar surface area (TPSA) is 37.8 Å². The van der Waals surface area contributed by atoms with Crippen LogP contribution < -0.4 is 5.32 Å². The molecule has 1 heterocycles. The zero-order chi connectivity index (χ0) is 14.7. The van der Waals surface area contributed by atoms with Crippen molar-refractivity contribution in [2.75, 3.05) is 12.4 Å². The summed E-state index contributed by atoms with van der Waals surface area (Å²) in [5.41, 5.74) is 3.37. The lowest BCUT2D eigenvalue weighted by molar-refractivity contribution is 0.429. The molecule has 0 aliphatic heterocycles. The molecule has 0 radical (unpaired) electrons. The summed E-state index contributed by atoms with van der Waals surface area (Å²) in [6, 6.07) is 10.4. The number of nitrogens with zero attached hydrogens (tertiary/aromatic N) is 2. The highest BCUT2D eigenvalue weighted by Gasteiger charge is 2.21. The Balaban J connectivity index is 2.06. The highest BCUT2D eigenvalue weighted by Crippen LogP contribution is 2.34. The second kappa shape index (κ2) is 6.25. The van der Waals surface area contributed by atoms with E-state index in [1.807, 2.05) is 13.1 Å². The van der Waals surface area contributed by atoms with E-state index in [2.05, 4.69) is 36.5 Å². The van der Waals surface area contributed by atoms with Crippen molar-refractivity contribution in [2.45, 2.75) is 44.9 Å². The molecule has 0 atom stereocenters. The van der Waals surface area contributed by atoms with Crippen molar-refractivity contribution in [1.29, 1.82) is 0 Å². The van der Waals surface area contributed by atoms with Gasteiger partial charge >= 0.3 is 0 Å². The molecule has 0 unspecified atom stereocenters. The maximum absolute atomic E-state index is 4.92. The maximum atomic E-state index is 4.92. The lowest BCUT2D eigenvalue weighted by Gasteiger charge is -2.22. The first-order chi connectivity index (χ1) is 10.3. The maximum Gasteiger partial charge on any atom is 0.134 e. The largest absolute Gasteiger partial charge is 0.373 e. The molecule has 1 N–H and O–H groups in total. The van der Waals surface area contributed by atoms with Gasteiger partial charge in [0.15, 0.2) is 0 Å². The minimum Gasteiger partial charge on any atom is -0.373 e. The first-order valence-electron chi connectivity index (χ1n) is 7.91. The molecule has 1 fully saturated rings. The molecular weight excluding hydrogens is 258 g/mol. The molecule has 1 aliphatic rings. The minimum atomic E-state index is 0.522. The van der Waals surface area contributed by atoms with Gasteiger partial charge in [-0.3, -0.25) is 0 Å². The predicted molar refractivity (Wildman–Crippen MR) is 87.6 cm³/mol. The number of hydrogen-bond acceptors (Lipinski definition) is 3. The van der Waals surface area contributed by atoms with Crippen LogP contribution in [0.25, 0.3) is 11.3 Å². The van der Waals surface area contributed by atoms with E-state index in [1.54, 1.807) is 0 Å². The number of aromatic nitrogens is 2. The highest BCUT2D eigenvalue weighted by molar-refractivity contribution is 5.68. The van der Waals surface area contributed by atoms with Crippen molar-refractivity contribution < 1.29 is 0 Å². The Morgan fingerprint density at radius 3 is 2.38 bits per heavy atom. The zero-order valence-electron chi connectivity index (χ0n) is 12.9. The zero-order valence-corrected chi connectivity index (χ0v) is 12.9. The molecule has 1 aliphatic carbocycles. The standard InChI is InChI=1S/C18H23N3/c1-13-16(14-9-5-3-6-10-14)20-18(21-17(13)19-2)15-11-7-4-8-12-15/h3,5-6,9-10,15H,4,7-8,11-12H2,1-2H3,(H,19,20,21). The summed E-state index contributed by atoms with van der Waals surface area (Å²) in [5.74, 6) is 2.50. The first kappa shape index (κ1) is 14.1. The minimum absolute atomic E-state index is 0.522. The van der Waals surface area contributed by atoms with Crippen molar-refractivity contribution in [1.82, 2.24) is 9.97 Å².